The van der Waals surface area contributed by atoms with E-state index in [9.17, 15) is 4.79 Å². The highest BCUT2D eigenvalue weighted by atomic mass is 16.3. The molecule has 0 heterocycles. The van der Waals surface area contributed by atoms with Crippen LogP contribution in [0.15, 0.2) is 0 Å². The molecule has 0 bridgehead atoms. The summed E-state index contributed by atoms with van der Waals surface area (Å²) in [5.74, 6) is 0.0205. The SMILES string of the molecule is CCC(CO)NC(=O)C1(CN)CCC1. The highest BCUT2D eigenvalue weighted by Gasteiger charge is 2.43. The van der Waals surface area contributed by atoms with Gasteiger partial charge in [0.1, 0.15) is 0 Å². The van der Waals surface area contributed by atoms with E-state index in [1.54, 1.807) is 0 Å². The largest absolute Gasteiger partial charge is 0.394 e. The number of carbonyl (C=O) groups excluding carboxylic acids is 1. The zero-order chi connectivity index (χ0) is 10.6. The molecular weight excluding hydrogens is 180 g/mol. The van der Waals surface area contributed by atoms with Crippen LogP contribution in [0, 0.1) is 5.41 Å². The number of hydrogen-bond acceptors (Lipinski definition) is 3. The summed E-state index contributed by atoms with van der Waals surface area (Å²) in [5, 5.41) is 11.8. The first kappa shape index (κ1) is 11.5. The molecule has 1 unspecified atom stereocenters. The average Bonchev–Trinajstić information content (AvgIpc) is 2.13. The van der Waals surface area contributed by atoms with E-state index in [-0.39, 0.29) is 24.0 Å². The molecule has 0 aromatic carbocycles. The molecule has 0 radical (unpaired) electrons. The lowest BCUT2D eigenvalue weighted by Crippen LogP contribution is -2.53. The Bertz CT molecular complexity index is 193. The Morgan fingerprint density at radius 2 is 2.29 bits per heavy atom. The second kappa shape index (κ2) is 4.75. The summed E-state index contributed by atoms with van der Waals surface area (Å²) in [6.45, 7) is 2.36. The predicted molar refractivity (Wildman–Crippen MR) is 54.6 cm³/mol. The molecular formula is C10H20N2O2. The van der Waals surface area contributed by atoms with Crippen molar-refractivity contribution in [3.05, 3.63) is 0 Å². The number of aliphatic hydroxyl groups excluding tert-OH is 1. The second-order valence-corrected chi connectivity index (χ2v) is 4.10. The molecule has 1 atom stereocenters. The van der Waals surface area contributed by atoms with E-state index < -0.39 is 0 Å². The van der Waals surface area contributed by atoms with Gasteiger partial charge in [-0.1, -0.05) is 13.3 Å². The Balaban J connectivity index is 2.47. The third kappa shape index (κ3) is 2.07. The maximum absolute atomic E-state index is 11.8. The predicted octanol–water partition coefficient (Wildman–Crippen LogP) is 0.00250. The molecule has 4 heteroatoms. The lowest BCUT2D eigenvalue weighted by Gasteiger charge is -2.39. The van der Waals surface area contributed by atoms with E-state index in [0.717, 1.165) is 25.7 Å². The molecule has 1 amide bonds. The Labute approximate surface area is 84.9 Å². The van der Waals surface area contributed by atoms with Crippen molar-refractivity contribution >= 4 is 5.91 Å². The van der Waals surface area contributed by atoms with Crippen molar-refractivity contribution in [2.24, 2.45) is 11.1 Å². The third-order valence-corrected chi connectivity index (χ3v) is 3.23. The summed E-state index contributed by atoms with van der Waals surface area (Å²) in [4.78, 5) is 11.8. The van der Waals surface area contributed by atoms with E-state index >= 15 is 0 Å². The van der Waals surface area contributed by atoms with E-state index in [1.807, 2.05) is 6.92 Å². The van der Waals surface area contributed by atoms with Gasteiger partial charge in [-0.25, -0.2) is 0 Å². The molecule has 1 rings (SSSR count). The number of aliphatic hydroxyl groups is 1. The summed E-state index contributed by atoms with van der Waals surface area (Å²) in [7, 11) is 0. The van der Waals surface area contributed by atoms with E-state index in [4.69, 9.17) is 10.8 Å². The van der Waals surface area contributed by atoms with Crippen LogP contribution in [0.4, 0.5) is 0 Å². The number of nitrogens with one attached hydrogen (secondary N) is 1. The summed E-state index contributed by atoms with van der Waals surface area (Å²) in [6, 6.07) is -0.119. The molecule has 0 aromatic rings. The molecule has 4 nitrogen and oxygen atoms in total. The summed E-state index contributed by atoms with van der Waals surface area (Å²) >= 11 is 0. The third-order valence-electron chi connectivity index (χ3n) is 3.23. The first-order chi connectivity index (χ1) is 6.68. The highest BCUT2D eigenvalue weighted by Crippen LogP contribution is 2.40. The molecule has 0 saturated heterocycles. The minimum absolute atomic E-state index is 0.00287. The quantitative estimate of drug-likeness (QED) is 0.585. The van der Waals surface area contributed by atoms with E-state index in [1.165, 1.54) is 0 Å². The number of nitrogens with two attached hydrogens (primary N) is 1. The molecule has 1 fully saturated rings. The Morgan fingerprint density at radius 1 is 1.64 bits per heavy atom. The van der Waals surface area contributed by atoms with Gasteiger partial charge in [0.05, 0.1) is 18.1 Å². The fraction of sp³-hybridized carbons (Fsp3) is 0.900. The van der Waals surface area contributed by atoms with Crippen molar-refractivity contribution in [2.75, 3.05) is 13.2 Å². The first-order valence-corrected chi connectivity index (χ1v) is 5.30. The Hall–Kier alpha value is -0.610. The lowest BCUT2D eigenvalue weighted by atomic mass is 9.68. The topological polar surface area (TPSA) is 75.3 Å². The Morgan fingerprint density at radius 3 is 2.57 bits per heavy atom. The standard InChI is InChI=1S/C10H20N2O2/c1-2-8(6-13)12-9(14)10(7-11)4-3-5-10/h8,13H,2-7,11H2,1H3,(H,12,14). The molecule has 0 aliphatic heterocycles. The van der Waals surface area contributed by atoms with E-state index in [0.29, 0.717) is 6.54 Å². The van der Waals surface area contributed by atoms with Gasteiger partial charge in [0.25, 0.3) is 0 Å². The van der Waals surface area contributed by atoms with Crippen LogP contribution < -0.4 is 11.1 Å². The maximum Gasteiger partial charge on any atom is 0.227 e. The second-order valence-electron chi connectivity index (χ2n) is 4.10. The van der Waals surface area contributed by atoms with Crippen molar-refractivity contribution in [1.82, 2.24) is 5.32 Å². The number of rotatable bonds is 5. The van der Waals surface area contributed by atoms with E-state index in [2.05, 4.69) is 5.32 Å². The van der Waals surface area contributed by atoms with Crippen LogP contribution in [0.5, 0.6) is 0 Å². The number of amides is 1. The average molecular weight is 200 g/mol. The normalized spacial score (nSPS) is 21.1. The fourth-order valence-corrected chi connectivity index (χ4v) is 1.74. The maximum atomic E-state index is 11.8. The summed E-state index contributed by atoms with van der Waals surface area (Å²) in [6.07, 6.45) is 3.61. The van der Waals surface area contributed by atoms with Gasteiger partial charge in [-0.05, 0) is 19.3 Å². The van der Waals surface area contributed by atoms with Crippen LogP contribution in [0.2, 0.25) is 0 Å². The fourth-order valence-electron chi connectivity index (χ4n) is 1.74. The van der Waals surface area contributed by atoms with Gasteiger partial charge in [0.15, 0.2) is 0 Å². The molecule has 82 valence electrons. The first-order valence-electron chi connectivity index (χ1n) is 5.30. The molecule has 14 heavy (non-hydrogen) atoms. The van der Waals surface area contributed by atoms with Crippen molar-refractivity contribution in [3.63, 3.8) is 0 Å². The molecule has 1 aliphatic rings. The minimum atomic E-state index is -0.331. The van der Waals surface area contributed by atoms with Crippen LogP contribution in [0.1, 0.15) is 32.6 Å². The van der Waals surface area contributed by atoms with Crippen molar-refractivity contribution in [2.45, 2.75) is 38.6 Å². The summed E-state index contributed by atoms with van der Waals surface area (Å²) in [5.41, 5.74) is 5.27. The van der Waals surface area contributed by atoms with Gasteiger partial charge in [0, 0.05) is 6.54 Å². The van der Waals surface area contributed by atoms with Gasteiger partial charge in [-0.15, -0.1) is 0 Å². The highest BCUT2D eigenvalue weighted by molar-refractivity contribution is 5.84. The van der Waals surface area contributed by atoms with Crippen LogP contribution in [0.3, 0.4) is 0 Å². The minimum Gasteiger partial charge on any atom is -0.394 e. The van der Waals surface area contributed by atoms with Gasteiger partial charge in [-0.3, -0.25) is 4.79 Å². The molecule has 1 saturated carbocycles. The molecule has 0 aromatic heterocycles. The smallest absolute Gasteiger partial charge is 0.227 e. The van der Waals surface area contributed by atoms with Crippen LogP contribution in [-0.2, 0) is 4.79 Å². The van der Waals surface area contributed by atoms with Gasteiger partial charge in [0.2, 0.25) is 5.91 Å². The van der Waals surface area contributed by atoms with Crippen molar-refractivity contribution in [3.8, 4) is 0 Å². The van der Waals surface area contributed by atoms with Gasteiger partial charge in [-0.2, -0.15) is 0 Å². The molecule has 1 aliphatic carbocycles. The zero-order valence-corrected chi connectivity index (χ0v) is 8.75. The lowest BCUT2D eigenvalue weighted by molar-refractivity contribution is -0.136. The van der Waals surface area contributed by atoms with Gasteiger partial charge >= 0.3 is 0 Å². The van der Waals surface area contributed by atoms with Crippen molar-refractivity contribution in [1.29, 1.82) is 0 Å². The number of hydrogen-bond donors (Lipinski definition) is 3. The zero-order valence-electron chi connectivity index (χ0n) is 8.75. The van der Waals surface area contributed by atoms with Crippen molar-refractivity contribution < 1.29 is 9.90 Å². The van der Waals surface area contributed by atoms with Gasteiger partial charge < -0.3 is 16.2 Å². The summed E-state index contributed by atoms with van der Waals surface area (Å²) < 4.78 is 0. The monoisotopic (exact) mass is 200 g/mol. The molecule has 4 N–H and O–H groups in total. The van der Waals surface area contributed by atoms with Crippen LogP contribution in [0.25, 0.3) is 0 Å². The number of carbonyl (C=O) groups is 1. The van der Waals surface area contributed by atoms with Crippen LogP contribution in [-0.4, -0.2) is 30.2 Å². The van der Waals surface area contributed by atoms with Crippen LogP contribution >= 0.6 is 0 Å². The Kier molecular flexibility index (Phi) is 3.89. The molecule has 0 spiro atoms.